The Balaban J connectivity index is 1.94. The standard InChI is InChI=1S/C19H21F3N2O2/c1-3-26-18(25)13-6-8-24(9-7-13)16-11-17(19(20,21)22)23-15-5-4-12(2)10-14(15)16/h4-5,10-11,13H,3,6-9H2,1-2H3/p+1. The number of pyridine rings is 1. The van der Waals surface area contributed by atoms with Gasteiger partial charge in [0.1, 0.15) is 0 Å². The minimum Gasteiger partial charge on any atom is -0.466 e. The number of rotatable bonds is 3. The molecule has 1 aliphatic heterocycles. The zero-order valence-electron chi connectivity index (χ0n) is 14.8. The number of ether oxygens (including phenoxy) is 1. The molecule has 0 amide bonds. The Morgan fingerprint density at radius 2 is 1.96 bits per heavy atom. The molecule has 3 rings (SSSR count). The molecule has 0 aliphatic carbocycles. The predicted octanol–water partition coefficient (Wildman–Crippen LogP) is 3.76. The molecule has 0 unspecified atom stereocenters. The Morgan fingerprint density at radius 1 is 1.27 bits per heavy atom. The van der Waals surface area contributed by atoms with Gasteiger partial charge in [0.05, 0.1) is 23.6 Å². The lowest BCUT2D eigenvalue weighted by molar-refractivity contribution is -0.398. The van der Waals surface area contributed by atoms with Gasteiger partial charge in [0.2, 0.25) is 5.52 Å². The number of hydrogen-bond acceptors (Lipinski definition) is 3. The lowest BCUT2D eigenvalue weighted by Gasteiger charge is -2.33. The highest BCUT2D eigenvalue weighted by Gasteiger charge is 2.40. The van der Waals surface area contributed by atoms with Crippen LogP contribution in [0.4, 0.5) is 18.9 Å². The number of fused-ring (bicyclic) bond motifs is 1. The van der Waals surface area contributed by atoms with Crippen LogP contribution in [0.2, 0.25) is 0 Å². The number of halogens is 3. The Kier molecular flexibility index (Phi) is 5.07. The number of nitrogens with one attached hydrogen (secondary N) is 1. The molecule has 2 heterocycles. The Labute approximate surface area is 150 Å². The largest absolute Gasteiger partial charge is 0.477 e. The molecule has 4 nitrogen and oxygen atoms in total. The smallest absolute Gasteiger partial charge is 0.466 e. The molecule has 1 aliphatic rings. The number of anilines is 1. The van der Waals surface area contributed by atoms with Crippen molar-refractivity contribution < 1.29 is 27.7 Å². The lowest BCUT2D eigenvalue weighted by Crippen LogP contribution is -2.37. The summed E-state index contributed by atoms with van der Waals surface area (Å²) >= 11 is 0. The number of aryl methyl sites for hydroxylation is 1. The minimum atomic E-state index is -4.45. The second kappa shape index (κ2) is 7.13. The topological polar surface area (TPSA) is 43.7 Å². The number of H-pyrrole nitrogens is 1. The maximum absolute atomic E-state index is 13.3. The first-order valence-corrected chi connectivity index (χ1v) is 8.75. The van der Waals surface area contributed by atoms with E-state index in [2.05, 4.69) is 4.98 Å². The molecule has 26 heavy (non-hydrogen) atoms. The molecule has 140 valence electrons. The highest BCUT2D eigenvalue weighted by molar-refractivity contribution is 5.90. The summed E-state index contributed by atoms with van der Waals surface area (Å²) in [7, 11) is 0. The third kappa shape index (κ3) is 3.76. The van der Waals surface area contributed by atoms with Crippen LogP contribution in [0, 0.1) is 12.8 Å². The molecule has 1 aromatic heterocycles. The van der Waals surface area contributed by atoms with E-state index < -0.39 is 11.9 Å². The third-order valence-electron chi connectivity index (χ3n) is 4.76. The van der Waals surface area contributed by atoms with Crippen LogP contribution in [0.1, 0.15) is 31.0 Å². The zero-order chi connectivity index (χ0) is 18.9. The van der Waals surface area contributed by atoms with E-state index in [9.17, 15) is 18.0 Å². The first kappa shape index (κ1) is 18.5. The Morgan fingerprint density at radius 3 is 2.58 bits per heavy atom. The fourth-order valence-electron chi connectivity index (χ4n) is 3.41. The monoisotopic (exact) mass is 367 g/mol. The second-order valence-corrected chi connectivity index (χ2v) is 6.63. The van der Waals surface area contributed by atoms with Crippen LogP contribution in [-0.4, -0.2) is 25.7 Å². The van der Waals surface area contributed by atoms with E-state index in [0.717, 1.165) is 10.9 Å². The summed E-state index contributed by atoms with van der Waals surface area (Å²) in [6.45, 7) is 5.06. The highest BCUT2D eigenvalue weighted by Crippen LogP contribution is 2.34. The van der Waals surface area contributed by atoms with Crippen molar-refractivity contribution >= 4 is 22.6 Å². The molecule has 7 heteroatoms. The Hall–Kier alpha value is -2.31. The van der Waals surface area contributed by atoms with Gasteiger partial charge in [-0.3, -0.25) is 4.79 Å². The normalized spacial score (nSPS) is 16.1. The van der Waals surface area contributed by atoms with Crippen molar-refractivity contribution in [3.05, 3.63) is 35.5 Å². The SMILES string of the molecule is CCOC(=O)C1CCN(c2cc(C(F)(F)F)[nH+]c3ccc(C)cc23)CC1. The molecule has 0 atom stereocenters. The average molecular weight is 367 g/mol. The number of alkyl halides is 3. The third-order valence-corrected chi connectivity index (χ3v) is 4.76. The molecule has 0 radical (unpaired) electrons. The number of aromatic nitrogens is 1. The first-order chi connectivity index (χ1) is 12.3. The van der Waals surface area contributed by atoms with Crippen LogP contribution in [0.15, 0.2) is 24.3 Å². The van der Waals surface area contributed by atoms with Gasteiger partial charge in [-0.15, -0.1) is 0 Å². The zero-order valence-corrected chi connectivity index (χ0v) is 14.8. The summed E-state index contributed by atoms with van der Waals surface area (Å²) in [5, 5.41) is 0.757. The van der Waals surface area contributed by atoms with Crippen LogP contribution in [0.3, 0.4) is 0 Å². The molecular weight excluding hydrogens is 345 g/mol. The van der Waals surface area contributed by atoms with E-state index in [1.54, 1.807) is 19.1 Å². The summed E-state index contributed by atoms with van der Waals surface area (Å²) in [4.78, 5) is 16.3. The van der Waals surface area contributed by atoms with Crippen molar-refractivity contribution in [2.45, 2.75) is 32.9 Å². The van der Waals surface area contributed by atoms with Gasteiger partial charge in [-0.25, -0.2) is 4.98 Å². The van der Waals surface area contributed by atoms with Crippen molar-refractivity contribution in [1.29, 1.82) is 0 Å². The summed E-state index contributed by atoms with van der Waals surface area (Å²) in [6, 6.07) is 6.52. The molecule has 2 aromatic rings. The molecule has 1 fully saturated rings. The van der Waals surface area contributed by atoms with Gasteiger partial charge < -0.3 is 9.64 Å². The molecule has 0 bridgehead atoms. The van der Waals surface area contributed by atoms with Crippen molar-refractivity contribution in [3.63, 3.8) is 0 Å². The molecule has 1 saturated heterocycles. The number of carbonyl (C=O) groups is 1. The van der Waals surface area contributed by atoms with E-state index in [1.165, 1.54) is 6.07 Å². The van der Waals surface area contributed by atoms with Gasteiger partial charge in [-0.1, -0.05) is 6.07 Å². The van der Waals surface area contributed by atoms with Crippen molar-refractivity contribution in [2.75, 3.05) is 24.6 Å². The minimum absolute atomic E-state index is 0.184. The average Bonchev–Trinajstić information content (AvgIpc) is 2.60. The van der Waals surface area contributed by atoms with Gasteiger partial charge >= 0.3 is 12.1 Å². The number of piperidine rings is 1. The van der Waals surface area contributed by atoms with Crippen LogP contribution in [0.5, 0.6) is 0 Å². The van der Waals surface area contributed by atoms with E-state index in [1.807, 2.05) is 17.9 Å². The molecule has 0 saturated carbocycles. The fraction of sp³-hybridized carbons (Fsp3) is 0.474. The maximum atomic E-state index is 13.3. The maximum Gasteiger partial charge on any atom is 0.477 e. The summed E-state index contributed by atoms with van der Waals surface area (Å²) in [6.07, 6.45) is -3.30. The van der Waals surface area contributed by atoms with Crippen LogP contribution >= 0.6 is 0 Å². The highest BCUT2D eigenvalue weighted by atomic mass is 19.4. The van der Waals surface area contributed by atoms with Crippen LogP contribution in [0.25, 0.3) is 10.9 Å². The number of benzene rings is 1. The first-order valence-electron chi connectivity index (χ1n) is 8.75. The predicted molar refractivity (Wildman–Crippen MR) is 91.8 cm³/mol. The number of esters is 1. The number of hydrogen-bond donors (Lipinski definition) is 0. The summed E-state index contributed by atoms with van der Waals surface area (Å²) < 4.78 is 44.9. The van der Waals surface area contributed by atoms with E-state index in [0.29, 0.717) is 43.7 Å². The van der Waals surface area contributed by atoms with Gasteiger partial charge in [-0.2, -0.15) is 13.2 Å². The van der Waals surface area contributed by atoms with Crippen LogP contribution in [-0.2, 0) is 15.7 Å². The summed E-state index contributed by atoms with van der Waals surface area (Å²) in [5.41, 5.74) is 1.22. The van der Waals surface area contributed by atoms with E-state index in [4.69, 9.17) is 4.74 Å². The lowest BCUT2D eigenvalue weighted by atomic mass is 9.96. The Bertz CT molecular complexity index is 812. The second-order valence-electron chi connectivity index (χ2n) is 6.63. The number of nitrogens with zero attached hydrogens (tertiary/aromatic N) is 1. The van der Waals surface area contributed by atoms with Gasteiger partial charge in [-0.05, 0) is 38.3 Å². The van der Waals surface area contributed by atoms with Gasteiger partial charge in [0.15, 0.2) is 0 Å². The van der Waals surface area contributed by atoms with Crippen molar-refractivity contribution in [2.24, 2.45) is 5.92 Å². The fourth-order valence-corrected chi connectivity index (χ4v) is 3.41. The van der Waals surface area contributed by atoms with Crippen molar-refractivity contribution in [1.82, 2.24) is 0 Å². The van der Waals surface area contributed by atoms with Gasteiger partial charge in [0, 0.05) is 25.2 Å². The molecular formula is C19H22F3N2O2+. The summed E-state index contributed by atoms with van der Waals surface area (Å²) in [5.74, 6) is -0.401. The molecule has 1 aromatic carbocycles. The van der Waals surface area contributed by atoms with E-state index >= 15 is 0 Å². The van der Waals surface area contributed by atoms with E-state index in [-0.39, 0.29) is 11.9 Å². The molecule has 0 spiro atoms. The number of aromatic amines is 1. The molecule has 1 N–H and O–H groups in total. The number of carbonyl (C=O) groups excluding carboxylic acids is 1. The quantitative estimate of drug-likeness (QED) is 0.776. The van der Waals surface area contributed by atoms with Crippen LogP contribution < -0.4 is 9.88 Å². The van der Waals surface area contributed by atoms with Crippen molar-refractivity contribution in [3.8, 4) is 0 Å². The van der Waals surface area contributed by atoms with Gasteiger partial charge in [0.25, 0.3) is 5.69 Å².